The van der Waals surface area contributed by atoms with Gasteiger partial charge in [0, 0.05) is 0 Å². The molecule has 0 atom stereocenters. The number of hydrogen-bond donors (Lipinski definition) is 0. The molecule has 0 heterocycles. The summed E-state index contributed by atoms with van der Waals surface area (Å²) in [5, 5.41) is 9.00. The maximum atomic E-state index is 12.3. The molecule has 3 nitrogen and oxygen atoms in total. The van der Waals surface area contributed by atoms with Gasteiger partial charge in [0.2, 0.25) is 0 Å². The monoisotopic (exact) mass is 263 g/mol. The first-order valence-electron chi connectivity index (χ1n) is 6.16. The molecule has 0 bridgehead atoms. The van der Waals surface area contributed by atoms with E-state index in [2.05, 4.69) is 13.8 Å². The summed E-state index contributed by atoms with van der Waals surface area (Å²) in [5.41, 5.74) is 1.13. The lowest BCUT2D eigenvalue weighted by Crippen LogP contribution is -2.21. The molecule has 1 saturated carbocycles. The van der Waals surface area contributed by atoms with Gasteiger partial charge in [-0.1, -0.05) is 26.0 Å². The van der Waals surface area contributed by atoms with E-state index in [1.807, 2.05) is 18.2 Å². The largest absolute Gasteiger partial charge is 0.222 e. The second kappa shape index (κ2) is 4.40. The van der Waals surface area contributed by atoms with Crippen molar-refractivity contribution in [2.24, 2.45) is 5.92 Å². The van der Waals surface area contributed by atoms with Gasteiger partial charge in [0.25, 0.3) is 0 Å². The summed E-state index contributed by atoms with van der Waals surface area (Å²) in [6, 6.07) is 8.90. The predicted octanol–water partition coefficient (Wildman–Crippen LogP) is 2.71. The van der Waals surface area contributed by atoms with Crippen LogP contribution < -0.4 is 0 Å². The van der Waals surface area contributed by atoms with Gasteiger partial charge in [0.05, 0.1) is 11.0 Å². The van der Waals surface area contributed by atoms with E-state index in [1.54, 1.807) is 12.1 Å². The topological polar surface area (TPSA) is 57.9 Å². The normalized spacial score (nSPS) is 17.4. The van der Waals surface area contributed by atoms with Crippen LogP contribution in [0.15, 0.2) is 29.2 Å². The minimum atomic E-state index is -3.48. The van der Waals surface area contributed by atoms with E-state index in [0.29, 0.717) is 18.8 Å². The Labute approximate surface area is 108 Å². The fourth-order valence-corrected chi connectivity index (χ4v) is 3.76. The second-order valence-corrected chi connectivity index (χ2v) is 7.61. The molecule has 0 amide bonds. The van der Waals surface area contributed by atoms with Crippen LogP contribution in [0.5, 0.6) is 0 Å². The Hall–Kier alpha value is -1.34. The van der Waals surface area contributed by atoms with Gasteiger partial charge in [-0.25, -0.2) is 8.42 Å². The van der Waals surface area contributed by atoms with E-state index in [9.17, 15) is 8.42 Å². The van der Waals surface area contributed by atoms with Crippen LogP contribution in [-0.4, -0.2) is 13.2 Å². The van der Waals surface area contributed by atoms with E-state index in [1.165, 1.54) is 0 Å². The maximum Gasteiger partial charge on any atom is 0.197 e. The summed E-state index contributed by atoms with van der Waals surface area (Å²) in [4.78, 5) is 0.272. The van der Waals surface area contributed by atoms with E-state index < -0.39 is 14.6 Å². The molecule has 0 aliphatic heterocycles. The van der Waals surface area contributed by atoms with E-state index in [-0.39, 0.29) is 4.90 Å². The Morgan fingerprint density at radius 2 is 1.83 bits per heavy atom. The zero-order valence-electron chi connectivity index (χ0n) is 10.7. The predicted molar refractivity (Wildman–Crippen MR) is 69.7 cm³/mol. The lowest BCUT2D eigenvalue weighted by Gasteiger charge is -2.10. The summed E-state index contributed by atoms with van der Waals surface area (Å²) in [6.07, 6.45) is 1.85. The van der Waals surface area contributed by atoms with Crippen LogP contribution in [0.25, 0.3) is 0 Å². The molecular weight excluding hydrogens is 246 g/mol. The van der Waals surface area contributed by atoms with Gasteiger partial charge >= 0.3 is 0 Å². The third kappa shape index (κ3) is 2.15. The van der Waals surface area contributed by atoms with Gasteiger partial charge < -0.3 is 0 Å². The molecule has 1 aromatic rings. The highest BCUT2D eigenvalue weighted by molar-refractivity contribution is 7.93. The van der Waals surface area contributed by atoms with Gasteiger partial charge in [-0.3, -0.25) is 0 Å². The molecule has 0 N–H and O–H groups in total. The van der Waals surface area contributed by atoms with Crippen molar-refractivity contribution in [1.82, 2.24) is 0 Å². The van der Waals surface area contributed by atoms with Crippen LogP contribution >= 0.6 is 0 Å². The number of nitriles is 1. The second-order valence-electron chi connectivity index (χ2n) is 5.35. The van der Waals surface area contributed by atoms with Crippen molar-refractivity contribution >= 4 is 9.84 Å². The van der Waals surface area contributed by atoms with Crippen molar-refractivity contribution in [3.05, 3.63) is 29.8 Å². The summed E-state index contributed by atoms with van der Waals surface area (Å²) in [5.74, 6) is 0.543. The van der Waals surface area contributed by atoms with Crippen LogP contribution in [0.4, 0.5) is 0 Å². The number of nitrogens with zero attached hydrogens (tertiary/aromatic N) is 1. The first-order valence-corrected chi connectivity index (χ1v) is 7.64. The molecule has 0 radical (unpaired) electrons. The van der Waals surface area contributed by atoms with E-state index in [0.717, 1.165) is 12.0 Å². The highest BCUT2D eigenvalue weighted by Gasteiger charge is 2.55. The molecule has 1 aliphatic rings. The molecular formula is C14H17NO2S. The summed E-state index contributed by atoms with van der Waals surface area (Å²) >= 11 is 0. The summed E-state index contributed by atoms with van der Waals surface area (Å²) < 4.78 is 23.4. The SMILES string of the molecule is CC(C)Cc1ccc(S(=O)(=O)C2(C#N)CC2)cc1. The average Bonchev–Trinajstić information content (AvgIpc) is 3.10. The molecule has 0 unspecified atom stereocenters. The first-order chi connectivity index (χ1) is 8.41. The van der Waals surface area contributed by atoms with Crippen LogP contribution in [0.3, 0.4) is 0 Å². The van der Waals surface area contributed by atoms with Crippen molar-refractivity contribution in [3.63, 3.8) is 0 Å². The van der Waals surface area contributed by atoms with Crippen LogP contribution in [-0.2, 0) is 16.3 Å². The Morgan fingerprint density at radius 1 is 1.28 bits per heavy atom. The number of hydrogen-bond acceptors (Lipinski definition) is 3. The number of sulfone groups is 1. The lowest BCUT2D eigenvalue weighted by molar-refractivity contribution is 0.588. The third-order valence-electron chi connectivity index (χ3n) is 3.30. The molecule has 2 rings (SSSR count). The maximum absolute atomic E-state index is 12.3. The number of benzene rings is 1. The van der Waals surface area contributed by atoms with Gasteiger partial charge in [-0.05, 0) is 42.9 Å². The minimum absolute atomic E-state index is 0.272. The smallest absolute Gasteiger partial charge is 0.197 e. The van der Waals surface area contributed by atoms with E-state index >= 15 is 0 Å². The molecule has 0 aromatic heterocycles. The Balaban J connectivity index is 2.28. The fraction of sp³-hybridized carbons (Fsp3) is 0.500. The molecule has 4 heteroatoms. The fourth-order valence-electron chi connectivity index (χ4n) is 2.06. The summed E-state index contributed by atoms with van der Waals surface area (Å²) in [7, 11) is -3.48. The Bertz CT molecular complexity index is 575. The van der Waals surface area contributed by atoms with Crippen molar-refractivity contribution in [2.45, 2.75) is 42.8 Å². The Kier molecular flexibility index (Phi) is 3.20. The van der Waals surface area contributed by atoms with Gasteiger partial charge in [0.15, 0.2) is 14.6 Å². The van der Waals surface area contributed by atoms with Gasteiger partial charge in [-0.15, -0.1) is 0 Å². The molecule has 18 heavy (non-hydrogen) atoms. The molecule has 1 aromatic carbocycles. The minimum Gasteiger partial charge on any atom is -0.222 e. The highest BCUT2D eigenvalue weighted by Crippen LogP contribution is 2.46. The van der Waals surface area contributed by atoms with Crippen LogP contribution in [0, 0.1) is 17.2 Å². The standard InChI is InChI=1S/C14H17NO2S/c1-11(2)9-12-3-5-13(6-4-12)18(16,17)14(10-15)7-8-14/h3-6,11H,7-9H2,1-2H3. The zero-order chi connectivity index (χ0) is 13.4. The molecule has 1 aliphatic carbocycles. The van der Waals surface area contributed by atoms with E-state index in [4.69, 9.17) is 5.26 Å². The summed E-state index contributed by atoms with van der Waals surface area (Å²) in [6.45, 7) is 4.25. The average molecular weight is 263 g/mol. The first kappa shape index (κ1) is 13.1. The molecule has 0 spiro atoms. The molecule has 1 fully saturated rings. The highest BCUT2D eigenvalue weighted by atomic mass is 32.2. The van der Waals surface area contributed by atoms with Gasteiger partial charge in [0.1, 0.15) is 0 Å². The molecule has 0 saturated heterocycles. The van der Waals surface area contributed by atoms with Crippen molar-refractivity contribution < 1.29 is 8.42 Å². The van der Waals surface area contributed by atoms with Crippen molar-refractivity contribution in [3.8, 4) is 6.07 Å². The Morgan fingerprint density at radius 3 is 2.22 bits per heavy atom. The van der Waals surface area contributed by atoms with Crippen LogP contribution in [0.1, 0.15) is 32.3 Å². The lowest BCUT2D eigenvalue weighted by atomic mass is 10.0. The van der Waals surface area contributed by atoms with Crippen molar-refractivity contribution in [1.29, 1.82) is 5.26 Å². The molecule has 96 valence electrons. The van der Waals surface area contributed by atoms with Gasteiger partial charge in [-0.2, -0.15) is 5.26 Å². The van der Waals surface area contributed by atoms with Crippen molar-refractivity contribution in [2.75, 3.05) is 0 Å². The quantitative estimate of drug-likeness (QED) is 0.839. The van der Waals surface area contributed by atoms with Crippen LogP contribution in [0.2, 0.25) is 0 Å². The zero-order valence-corrected chi connectivity index (χ0v) is 11.5. The number of rotatable bonds is 4. The third-order valence-corrected chi connectivity index (χ3v) is 5.72.